The molecule has 3 heterocycles. The SMILES string of the molecule is Cc1cc(Nc2nccc(C(F)(F)F)n2)cc(-c2cnc(C(C)(O)c3ccc(C(=O)O)cc3)s2)n1. The monoisotopic (exact) mass is 501 g/mol. The van der Waals surface area contributed by atoms with E-state index in [-0.39, 0.29) is 11.5 Å². The smallest absolute Gasteiger partial charge is 0.433 e. The van der Waals surface area contributed by atoms with E-state index in [2.05, 4.69) is 25.3 Å². The third-order valence-electron chi connectivity index (χ3n) is 5.02. The first-order valence-corrected chi connectivity index (χ1v) is 10.9. The van der Waals surface area contributed by atoms with E-state index < -0.39 is 23.4 Å². The zero-order chi connectivity index (χ0) is 25.4. The summed E-state index contributed by atoms with van der Waals surface area (Å²) in [5.41, 5.74) is -0.494. The first-order chi connectivity index (χ1) is 16.4. The maximum atomic E-state index is 13.0. The number of carboxylic acids is 1. The van der Waals surface area contributed by atoms with Crippen molar-refractivity contribution < 1.29 is 28.2 Å². The number of aryl methyl sites for hydroxylation is 1. The summed E-state index contributed by atoms with van der Waals surface area (Å²) >= 11 is 1.18. The summed E-state index contributed by atoms with van der Waals surface area (Å²) in [5, 5.41) is 23.3. The Morgan fingerprint density at radius 1 is 1.06 bits per heavy atom. The molecular formula is C23H18F3N5O3S. The van der Waals surface area contributed by atoms with Crippen molar-refractivity contribution in [3.05, 3.63) is 82.4 Å². The number of aromatic carboxylic acids is 1. The second-order valence-corrected chi connectivity index (χ2v) is 8.79. The second kappa shape index (κ2) is 9.04. The summed E-state index contributed by atoms with van der Waals surface area (Å²) in [5.74, 6) is -1.28. The van der Waals surface area contributed by atoms with Crippen LogP contribution in [-0.4, -0.2) is 36.1 Å². The lowest BCUT2D eigenvalue weighted by Crippen LogP contribution is -2.22. The maximum absolute atomic E-state index is 13.0. The van der Waals surface area contributed by atoms with Crippen LogP contribution in [0.2, 0.25) is 0 Å². The van der Waals surface area contributed by atoms with Gasteiger partial charge in [-0.05, 0) is 49.7 Å². The molecule has 0 aliphatic carbocycles. The second-order valence-electron chi connectivity index (χ2n) is 7.76. The number of thiazole rings is 1. The van der Waals surface area contributed by atoms with Crippen LogP contribution in [0.25, 0.3) is 10.6 Å². The third kappa shape index (κ3) is 5.28. The molecule has 0 radical (unpaired) electrons. The molecule has 4 rings (SSSR count). The molecule has 4 aromatic rings. The van der Waals surface area contributed by atoms with Gasteiger partial charge in [0.25, 0.3) is 0 Å². The molecule has 3 aromatic heterocycles. The average molecular weight is 501 g/mol. The lowest BCUT2D eigenvalue weighted by Gasteiger charge is -2.21. The Bertz CT molecular complexity index is 1390. The van der Waals surface area contributed by atoms with Gasteiger partial charge in [-0.2, -0.15) is 13.2 Å². The molecule has 3 N–H and O–H groups in total. The molecule has 35 heavy (non-hydrogen) atoms. The van der Waals surface area contributed by atoms with Crippen molar-refractivity contribution in [1.29, 1.82) is 0 Å². The number of pyridine rings is 1. The Hall–Kier alpha value is -3.90. The van der Waals surface area contributed by atoms with Crippen LogP contribution in [0.3, 0.4) is 0 Å². The summed E-state index contributed by atoms with van der Waals surface area (Å²) < 4.78 is 38.9. The van der Waals surface area contributed by atoms with Gasteiger partial charge >= 0.3 is 12.1 Å². The van der Waals surface area contributed by atoms with E-state index in [0.29, 0.717) is 32.5 Å². The van der Waals surface area contributed by atoms with E-state index in [1.54, 1.807) is 26.0 Å². The van der Waals surface area contributed by atoms with Gasteiger partial charge in [0.15, 0.2) is 0 Å². The first kappa shape index (κ1) is 24.2. The van der Waals surface area contributed by atoms with Gasteiger partial charge < -0.3 is 15.5 Å². The molecule has 1 unspecified atom stereocenters. The molecule has 1 atom stereocenters. The van der Waals surface area contributed by atoms with E-state index >= 15 is 0 Å². The quantitative estimate of drug-likeness (QED) is 0.337. The van der Waals surface area contributed by atoms with Crippen LogP contribution in [0, 0.1) is 6.92 Å². The molecule has 0 aliphatic rings. The highest BCUT2D eigenvalue weighted by Crippen LogP contribution is 2.36. The number of alkyl halides is 3. The molecule has 1 aromatic carbocycles. The van der Waals surface area contributed by atoms with Crippen LogP contribution in [0.5, 0.6) is 0 Å². The number of nitrogens with zero attached hydrogens (tertiary/aromatic N) is 4. The summed E-state index contributed by atoms with van der Waals surface area (Å²) in [7, 11) is 0. The molecule has 0 spiro atoms. The third-order valence-corrected chi connectivity index (χ3v) is 6.25. The number of carbonyl (C=O) groups is 1. The highest BCUT2D eigenvalue weighted by molar-refractivity contribution is 7.15. The standard InChI is InChI=1S/C23H18F3N5O3S/c1-12-9-15(30-21-27-8-7-18(31-21)23(24,25)26)10-16(29-12)17-11-28-20(35-17)22(2,34)14-5-3-13(4-6-14)19(32)33/h3-11,34H,1-2H3,(H,32,33)(H,27,29,30,31). The van der Waals surface area contributed by atoms with Gasteiger partial charge in [-0.3, -0.25) is 4.98 Å². The number of aromatic nitrogens is 4. The summed E-state index contributed by atoms with van der Waals surface area (Å²) in [6.07, 6.45) is -2.04. The van der Waals surface area contributed by atoms with Crippen molar-refractivity contribution in [2.45, 2.75) is 25.6 Å². The van der Waals surface area contributed by atoms with E-state index in [9.17, 15) is 23.1 Å². The fraction of sp³-hybridized carbons (Fsp3) is 0.174. The number of carboxylic acid groups (broad SMARTS) is 1. The van der Waals surface area contributed by atoms with Gasteiger partial charge in [0.2, 0.25) is 5.95 Å². The number of anilines is 2. The van der Waals surface area contributed by atoms with Crippen LogP contribution in [0.4, 0.5) is 24.8 Å². The lowest BCUT2D eigenvalue weighted by molar-refractivity contribution is -0.141. The number of hydrogen-bond acceptors (Lipinski definition) is 8. The van der Waals surface area contributed by atoms with E-state index in [1.165, 1.54) is 41.8 Å². The van der Waals surface area contributed by atoms with Crippen molar-refractivity contribution in [1.82, 2.24) is 19.9 Å². The Labute approximate surface area is 201 Å². The average Bonchev–Trinajstić information content (AvgIpc) is 3.30. The molecular weight excluding hydrogens is 483 g/mol. The summed E-state index contributed by atoms with van der Waals surface area (Å²) in [4.78, 5) is 27.8. The largest absolute Gasteiger partial charge is 0.478 e. The van der Waals surface area contributed by atoms with Crippen LogP contribution in [0.1, 0.15) is 39.2 Å². The van der Waals surface area contributed by atoms with Gasteiger partial charge in [-0.25, -0.2) is 19.7 Å². The van der Waals surface area contributed by atoms with Crippen LogP contribution < -0.4 is 5.32 Å². The van der Waals surface area contributed by atoms with Gasteiger partial charge in [0.1, 0.15) is 16.3 Å². The summed E-state index contributed by atoms with van der Waals surface area (Å²) in [6.45, 7) is 3.27. The van der Waals surface area contributed by atoms with E-state index in [4.69, 9.17) is 5.11 Å². The van der Waals surface area contributed by atoms with E-state index in [0.717, 1.165) is 12.3 Å². The van der Waals surface area contributed by atoms with Crippen LogP contribution >= 0.6 is 11.3 Å². The zero-order valence-corrected chi connectivity index (χ0v) is 19.1. The molecule has 180 valence electrons. The highest BCUT2D eigenvalue weighted by Gasteiger charge is 2.33. The van der Waals surface area contributed by atoms with E-state index in [1.807, 2.05) is 0 Å². The predicted octanol–water partition coefficient (Wildman–Crippen LogP) is 5.02. The number of halogens is 3. The Balaban J connectivity index is 1.61. The lowest BCUT2D eigenvalue weighted by atomic mass is 9.96. The van der Waals surface area contributed by atoms with Crippen molar-refractivity contribution in [3.8, 4) is 10.6 Å². The molecule has 0 bridgehead atoms. The fourth-order valence-corrected chi connectivity index (χ4v) is 4.20. The molecule has 0 aliphatic heterocycles. The highest BCUT2D eigenvalue weighted by atomic mass is 32.1. The minimum Gasteiger partial charge on any atom is -0.478 e. The normalized spacial score (nSPS) is 13.3. The molecule has 0 fully saturated rings. The van der Waals surface area contributed by atoms with Gasteiger partial charge in [-0.1, -0.05) is 12.1 Å². The van der Waals surface area contributed by atoms with Gasteiger partial charge in [-0.15, -0.1) is 11.3 Å². The zero-order valence-electron chi connectivity index (χ0n) is 18.3. The van der Waals surface area contributed by atoms with Crippen LogP contribution in [0.15, 0.2) is 54.9 Å². The Morgan fingerprint density at radius 3 is 2.43 bits per heavy atom. The molecule has 0 saturated heterocycles. The topological polar surface area (TPSA) is 121 Å². The number of rotatable bonds is 6. The predicted molar refractivity (Wildman–Crippen MR) is 122 cm³/mol. The number of nitrogens with one attached hydrogen (secondary N) is 1. The van der Waals surface area contributed by atoms with Gasteiger partial charge in [0, 0.05) is 23.8 Å². The number of aliphatic hydroxyl groups is 1. The Morgan fingerprint density at radius 2 is 1.77 bits per heavy atom. The molecule has 12 heteroatoms. The van der Waals surface area contributed by atoms with Crippen molar-refractivity contribution >= 4 is 28.9 Å². The van der Waals surface area contributed by atoms with Crippen LogP contribution in [-0.2, 0) is 11.8 Å². The van der Waals surface area contributed by atoms with Crippen molar-refractivity contribution in [3.63, 3.8) is 0 Å². The number of benzene rings is 1. The van der Waals surface area contributed by atoms with Gasteiger partial charge in [0.05, 0.1) is 16.1 Å². The Kier molecular flexibility index (Phi) is 6.26. The molecule has 0 saturated carbocycles. The van der Waals surface area contributed by atoms with Crippen molar-refractivity contribution in [2.75, 3.05) is 5.32 Å². The molecule has 8 nitrogen and oxygen atoms in total. The maximum Gasteiger partial charge on any atom is 0.433 e. The van der Waals surface area contributed by atoms with Crippen molar-refractivity contribution in [2.24, 2.45) is 0 Å². The minimum atomic E-state index is -4.59. The fourth-order valence-electron chi connectivity index (χ4n) is 3.25. The summed E-state index contributed by atoms with van der Waals surface area (Å²) in [6, 6.07) is 9.88. The number of hydrogen-bond donors (Lipinski definition) is 3. The minimum absolute atomic E-state index is 0.0955. The molecule has 0 amide bonds. The first-order valence-electron chi connectivity index (χ1n) is 10.1.